The summed E-state index contributed by atoms with van der Waals surface area (Å²) < 4.78 is 0. The number of nitrogens with one attached hydrogen (secondary N) is 2. The molecule has 2 amide bonds. The summed E-state index contributed by atoms with van der Waals surface area (Å²) >= 11 is 0. The molecule has 1 atom stereocenters. The normalized spacial score (nSPS) is 11.6. The molecule has 14 heavy (non-hydrogen) atoms. The first-order valence-electron chi connectivity index (χ1n) is 4.35. The van der Waals surface area contributed by atoms with Gasteiger partial charge in [0.15, 0.2) is 0 Å². The van der Waals surface area contributed by atoms with Crippen LogP contribution >= 0.6 is 0 Å². The molecule has 0 aromatic heterocycles. The Labute approximate surface area is 83.2 Å². The summed E-state index contributed by atoms with van der Waals surface area (Å²) in [5, 5.41) is 13.3. The fraction of sp³-hybridized carbons (Fsp3) is 0.556. The number of carboxylic acid groups (broad SMARTS) is 1. The summed E-state index contributed by atoms with van der Waals surface area (Å²) in [5.74, 6) is -1.06. The van der Waals surface area contributed by atoms with E-state index in [9.17, 15) is 9.59 Å². The lowest BCUT2D eigenvalue weighted by atomic mass is 10.2. The van der Waals surface area contributed by atoms with E-state index in [2.05, 4.69) is 17.2 Å². The Bertz CT molecular complexity index is 238. The van der Waals surface area contributed by atoms with Crippen LogP contribution in [-0.2, 0) is 4.79 Å². The molecule has 0 aliphatic rings. The van der Waals surface area contributed by atoms with Crippen LogP contribution in [0.15, 0.2) is 12.2 Å². The van der Waals surface area contributed by atoms with Crippen molar-refractivity contribution in [2.45, 2.75) is 26.3 Å². The quantitative estimate of drug-likeness (QED) is 0.572. The predicted octanol–water partition coefficient (Wildman–Crippen LogP) is 0.725. The number of amides is 2. The standard InChI is InChI=1S/C9H16N2O3/c1-6(2)4-5-10-9(14)11-7(3)8(12)13/h7H,1,4-5H2,2-3H3,(H,12,13)(H2,10,11,14). The zero-order valence-corrected chi connectivity index (χ0v) is 8.46. The molecule has 0 fully saturated rings. The van der Waals surface area contributed by atoms with Crippen molar-refractivity contribution in [3.8, 4) is 0 Å². The van der Waals surface area contributed by atoms with Crippen LogP contribution in [0.5, 0.6) is 0 Å². The average Bonchev–Trinajstić information content (AvgIpc) is 2.02. The van der Waals surface area contributed by atoms with Crippen molar-refractivity contribution < 1.29 is 14.7 Å². The van der Waals surface area contributed by atoms with E-state index >= 15 is 0 Å². The lowest BCUT2D eigenvalue weighted by Crippen LogP contribution is -2.44. The Morgan fingerprint density at radius 2 is 2.07 bits per heavy atom. The maximum atomic E-state index is 11.0. The van der Waals surface area contributed by atoms with Crippen molar-refractivity contribution in [1.29, 1.82) is 0 Å². The van der Waals surface area contributed by atoms with Gasteiger partial charge >= 0.3 is 12.0 Å². The Morgan fingerprint density at radius 1 is 1.50 bits per heavy atom. The maximum absolute atomic E-state index is 11.0. The molecule has 0 bridgehead atoms. The minimum atomic E-state index is -1.06. The molecule has 5 heteroatoms. The van der Waals surface area contributed by atoms with Gasteiger partial charge in [-0.15, -0.1) is 6.58 Å². The van der Waals surface area contributed by atoms with Gasteiger partial charge in [0.2, 0.25) is 0 Å². The summed E-state index contributed by atoms with van der Waals surface area (Å²) in [6.45, 7) is 7.41. The van der Waals surface area contributed by atoms with Crippen molar-refractivity contribution in [3.05, 3.63) is 12.2 Å². The monoisotopic (exact) mass is 200 g/mol. The van der Waals surface area contributed by atoms with Gasteiger partial charge in [0.1, 0.15) is 6.04 Å². The van der Waals surface area contributed by atoms with Crippen LogP contribution in [-0.4, -0.2) is 29.7 Å². The molecule has 0 radical (unpaired) electrons. The fourth-order valence-electron chi connectivity index (χ4n) is 0.699. The minimum absolute atomic E-state index is 0.466. The van der Waals surface area contributed by atoms with E-state index in [-0.39, 0.29) is 0 Å². The summed E-state index contributed by atoms with van der Waals surface area (Å²) in [7, 11) is 0. The number of hydrogen-bond donors (Lipinski definition) is 3. The molecule has 1 unspecified atom stereocenters. The Kier molecular flexibility index (Phi) is 5.36. The first-order valence-corrected chi connectivity index (χ1v) is 4.35. The summed E-state index contributed by atoms with van der Waals surface area (Å²) in [4.78, 5) is 21.4. The molecule has 0 saturated carbocycles. The second-order valence-electron chi connectivity index (χ2n) is 3.17. The van der Waals surface area contributed by atoms with Crippen LogP contribution in [0, 0.1) is 0 Å². The smallest absolute Gasteiger partial charge is 0.325 e. The van der Waals surface area contributed by atoms with E-state index in [0.717, 1.165) is 5.57 Å². The van der Waals surface area contributed by atoms with Gasteiger partial charge in [-0.25, -0.2) is 4.79 Å². The van der Waals surface area contributed by atoms with Gasteiger partial charge in [-0.2, -0.15) is 0 Å². The van der Waals surface area contributed by atoms with Crippen LogP contribution in [0.1, 0.15) is 20.3 Å². The molecule has 0 aromatic carbocycles. The third-order valence-corrected chi connectivity index (χ3v) is 1.56. The highest BCUT2D eigenvalue weighted by atomic mass is 16.4. The first-order chi connectivity index (χ1) is 6.43. The van der Waals surface area contributed by atoms with Crippen LogP contribution < -0.4 is 10.6 Å². The van der Waals surface area contributed by atoms with Gasteiger partial charge in [0.05, 0.1) is 0 Å². The van der Waals surface area contributed by atoms with Crippen LogP contribution in [0.4, 0.5) is 4.79 Å². The molecule has 0 aliphatic carbocycles. The number of carboxylic acids is 1. The van der Waals surface area contributed by atoms with E-state index in [0.29, 0.717) is 13.0 Å². The number of urea groups is 1. The van der Waals surface area contributed by atoms with E-state index in [1.54, 1.807) is 0 Å². The minimum Gasteiger partial charge on any atom is -0.480 e. The molecule has 0 aliphatic heterocycles. The zero-order valence-electron chi connectivity index (χ0n) is 8.46. The molecule has 3 N–H and O–H groups in total. The average molecular weight is 200 g/mol. The van der Waals surface area contributed by atoms with Gasteiger partial charge in [0, 0.05) is 6.54 Å². The van der Waals surface area contributed by atoms with Crippen LogP contribution in [0.3, 0.4) is 0 Å². The van der Waals surface area contributed by atoms with Crippen molar-refractivity contribution in [2.24, 2.45) is 0 Å². The highest BCUT2D eigenvalue weighted by molar-refractivity contribution is 5.82. The third kappa shape index (κ3) is 6.05. The van der Waals surface area contributed by atoms with Gasteiger partial charge in [0.25, 0.3) is 0 Å². The molecular weight excluding hydrogens is 184 g/mol. The van der Waals surface area contributed by atoms with Crippen molar-refractivity contribution in [3.63, 3.8) is 0 Å². The van der Waals surface area contributed by atoms with Gasteiger partial charge in [-0.1, -0.05) is 5.57 Å². The lowest BCUT2D eigenvalue weighted by Gasteiger charge is -2.10. The number of carbonyl (C=O) groups excluding carboxylic acids is 1. The number of aliphatic carboxylic acids is 1. The van der Waals surface area contributed by atoms with Crippen molar-refractivity contribution in [1.82, 2.24) is 10.6 Å². The van der Waals surface area contributed by atoms with Crippen molar-refractivity contribution >= 4 is 12.0 Å². The van der Waals surface area contributed by atoms with Crippen LogP contribution in [0.25, 0.3) is 0 Å². The molecule has 0 rings (SSSR count). The molecule has 5 nitrogen and oxygen atoms in total. The topological polar surface area (TPSA) is 78.4 Å². The van der Waals surface area contributed by atoms with E-state index in [4.69, 9.17) is 5.11 Å². The molecule has 0 aromatic rings. The number of rotatable bonds is 5. The van der Waals surface area contributed by atoms with Crippen LogP contribution in [0.2, 0.25) is 0 Å². The molecule has 80 valence electrons. The largest absolute Gasteiger partial charge is 0.480 e. The first kappa shape index (κ1) is 12.5. The Morgan fingerprint density at radius 3 is 2.50 bits per heavy atom. The molecule has 0 heterocycles. The lowest BCUT2D eigenvalue weighted by molar-refractivity contribution is -0.138. The van der Waals surface area contributed by atoms with E-state index < -0.39 is 18.0 Å². The van der Waals surface area contributed by atoms with Gasteiger partial charge in [-0.3, -0.25) is 4.79 Å². The third-order valence-electron chi connectivity index (χ3n) is 1.56. The summed E-state index contributed by atoms with van der Waals surface area (Å²) in [5.41, 5.74) is 0.969. The number of hydrogen-bond acceptors (Lipinski definition) is 2. The molecule has 0 spiro atoms. The van der Waals surface area contributed by atoms with Gasteiger partial charge < -0.3 is 15.7 Å². The highest BCUT2D eigenvalue weighted by Crippen LogP contribution is 1.91. The maximum Gasteiger partial charge on any atom is 0.325 e. The van der Waals surface area contributed by atoms with E-state index in [1.807, 2.05) is 6.92 Å². The Hall–Kier alpha value is -1.52. The number of carbonyl (C=O) groups is 2. The zero-order chi connectivity index (χ0) is 11.1. The van der Waals surface area contributed by atoms with E-state index in [1.165, 1.54) is 6.92 Å². The fourth-order valence-corrected chi connectivity index (χ4v) is 0.699. The highest BCUT2D eigenvalue weighted by Gasteiger charge is 2.12. The second-order valence-corrected chi connectivity index (χ2v) is 3.17. The molecular formula is C9H16N2O3. The summed E-state index contributed by atoms with van der Waals surface area (Å²) in [6.07, 6.45) is 0.689. The second kappa shape index (κ2) is 6.01. The van der Waals surface area contributed by atoms with Crippen molar-refractivity contribution in [2.75, 3.05) is 6.54 Å². The molecule has 0 saturated heterocycles. The predicted molar refractivity (Wildman–Crippen MR) is 53.1 cm³/mol. The summed E-state index contributed by atoms with van der Waals surface area (Å²) in [6, 6.07) is -1.35. The Balaban J connectivity index is 3.65. The SMILES string of the molecule is C=C(C)CCNC(=O)NC(C)C(=O)O. The van der Waals surface area contributed by atoms with Gasteiger partial charge in [-0.05, 0) is 20.3 Å².